The minimum absolute atomic E-state index is 0.277. The average Bonchev–Trinajstić information content (AvgIpc) is 2.47. The SMILES string of the molecule is CC(Oc1ccccc1C#N)C(=O)Nc1cccc(Br)c1. The van der Waals surface area contributed by atoms with Crippen molar-refractivity contribution in [2.24, 2.45) is 0 Å². The summed E-state index contributed by atoms with van der Waals surface area (Å²) < 4.78 is 6.43. The molecule has 0 aromatic heterocycles. The van der Waals surface area contributed by atoms with E-state index in [-0.39, 0.29) is 5.91 Å². The molecule has 0 aliphatic carbocycles. The van der Waals surface area contributed by atoms with E-state index in [0.29, 0.717) is 17.0 Å². The summed E-state index contributed by atoms with van der Waals surface area (Å²) in [5.41, 5.74) is 1.08. The Labute approximate surface area is 131 Å². The summed E-state index contributed by atoms with van der Waals surface area (Å²) in [6.45, 7) is 1.64. The van der Waals surface area contributed by atoms with Gasteiger partial charge in [-0.15, -0.1) is 0 Å². The Kier molecular flexibility index (Phi) is 4.96. The molecule has 0 aliphatic rings. The molecule has 0 heterocycles. The van der Waals surface area contributed by atoms with Crippen LogP contribution in [-0.2, 0) is 4.79 Å². The van der Waals surface area contributed by atoms with E-state index >= 15 is 0 Å². The fraction of sp³-hybridized carbons (Fsp3) is 0.125. The fourth-order valence-corrected chi connectivity index (χ4v) is 2.12. The number of para-hydroxylation sites is 1. The lowest BCUT2D eigenvalue weighted by Gasteiger charge is -2.15. The summed E-state index contributed by atoms with van der Waals surface area (Å²) in [5.74, 6) is 0.123. The molecule has 1 atom stereocenters. The number of carbonyl (C=O) groups excluding carboxylic acids is 1. The molecule has 1 N–H and O–H groups in total. The molecule has 0 spiro atoms. The number of hydrogen-bond acceptors (Lipinski definition) is 3. The Balaban J connectivity index is 2.05. The van der Waals surface area contributed by atoms with Crippen LogP contribution in [0.5, 0.6) is 5.75 Å². The standard InChI is InChI=1S/C16H13BrN2O2/c1-11(21-15-8-3-2-5-12(15)10-18)16(20)19-14-7-4-6-13(17)9-14/h2-9,11H,1H3,(H,19,20). The van der Waals surface area contributed by atoms with Crippen molar-refractivity contribution in [1.82, 2.24) is 0 Å². The van der Waals surface area contributed by atoms with Crippen molar-refractivity contribution < 1.29 is 9.53 Å². The second kappa shape index (κ2) is 6.91. The van der Waals surface area contributed by atoms with Crippen molar-refractivity contribution in [1.29, 1.82) is 5.26 Å². The zero-order valence-electron chi connectivity index (χ0n) is 11.3. The van der Waals surface area contributed by atoms with Gasteiger partial charge in [-0.2, -0.15) is 5.26 Å². The predicted molar refractivity (Wildman–Crippen MR) is 84.0 cm³/mol. The van der Waals surface area contributed by atoms with E-state index in [9.17, 15) is 4.79 Å². The highest BCUT2D eigenvalue weighted by Gasteiger charge is 2.16. The highest BCUT2D eigenvalue weighted by Crippen LogP contribution is 2.19. The summed E-state index contributed by atoms with van der Waals surface area (Å²) in [6, 6.07) is 16.1. The van der Waals surface area contributed by atoms with Gasteiger partial charge in [-0.3, -0.25) is 4.79 Å². The van der Waals surface area contributed by atoms with Crippen LogP contribution in [0.25, 0.3) is 0 Å². The van der Waals surface area contributed by atoms with E-state index in [1.807, 2.05) is 18.2 Å². The highest BCUT2D eigenvalue weighted by atomic mass is 79.9. The Hall–Kier alpha value is -2.32. The highest BCUT2D eigenvalue weighted by molar-refractivity contribution is 9.10. The maximum atomic E-state index is 12.1. The average molecular weight is 345 g/mol. The van der Waals surface area contributed by atoms with E-state index in [1.165, 1.54) is 0 Å². The third-order valence-corrected chi connectivity index (χ3v) is 3.27. The first kappa shape index (κ1) is 15.1. The number of nitrogens with zero attached hydrogens (tertiary/aromatic N) is 1. The number of carbonyl (C=O) groups is 1. The number of nitrogens with one attached hydrogen (secondary N) is 1. The van der Waals surface area contributed by atoms with Crippen LogP contribution < -0.4 is 10.1 Å². The van der Waals surface area contributed by atoms with Crippen molar-refractivity contribution in [3.63, 3.8) is 0 Å². The van der Waals surface area contributed by atoms with Crippen LogP contribution in [0.3, 0.4) is 0 Å². The summed E-state index contributed by atoms with van der Waals surface area (Å²) >= 11 is 3.34. The lowest BCUT2D eigenvalue weighted by Crippen LogP contribution is -2.30. The number of benzene rings is 2. The fourth-order valence-electron chi connectivity index (χ4n) is 1.72. The quantitative estimate of drug-likeness (QED) is 0.919. The van der Waals surface area contributed by atoms with Crippen LogP contribution in [0.15, 0.2) is 53.0 Å². The molecule has 1 amide bonds. The molecule has 0 saturated carbocycles. The normalized spacial score (nSPS) is 11.3. The number of rotatable bonds is 4. The van der Waals surface area contributed by atoms with E-state index in [0.717, 1.165) is 4.47 Å². The minimum Gasteiger partial charge on any atom is -0.480 e. The largest absolute Gasteiger partial charge is 0.480 e. The van der Waals surface area contributed by atoms with Gasteiger partial charge in [-0.05, 0) is 37.3 Å². The minimum atomic E-state index is -0.710. The first-order valence-electron chi connectivity index (χ1n) is 6.32. The molecule has 4 nitrogen and oxygen atoms in total. The Morgan fingerprint density at radius 3 is 2.76 bits per heavy atom. The number of amides is 1. The molecule has 0 fully saturated rings. The third-order valence-electron chi connectivity index (χ3n) is 2.77. The summed E-state index contributed by atoms with van der Waals surface area (Å²) in [4.78, 5) is 12.1. The second-order valence-corrected chi connectivity index (χ2v) is 5.28. The van der Waals surface area contributed by atoms with Crippen LogP contribution in [0.2, 0.25) is 0 Å². The van der Waals surface area contributed by atoms with Gasteiger partial charge in [-0.1, -0.05) is 34.1 Å². The van der Waals surface area contributed by atoms with Gasteiger partial charge in [0.25, 0.3) is 5.91 Å². The van der Waals surface area contributed by atoms with Crippen molar-refractivity contribution in [3.05, 3.63) is 58.6 Å². The Bertz CT molecular complexity index is 695. The number of anilines is 1. The molecule has 1 unspecified atom stereocenters. The Morgan fingerprint density at radius 1 is 1.29 bits per heavy atom. The van der Waals surface area contributed by atoms with Gasteiger partial charge in [0.1, 0.15) is 11.8 Å². The van der Waals surface area contributed by atoms with Crippen LogP contribution in [0.1, 0.15) is 12.5 Å². The smallest absolute Gasteiger partial charge is 0.265 e. The summed E-state index contributed by atoms with van der Waals surface area (Å²) in [7, 11) is 0. The molecular formula is C16H13BrN2O2. The first-order valence-corrected chi connectivity index (χ1v) is 7.11. The molecule has 5 heteroatoms. The zero-order valence-corrected chi connectivity index (χ0v) is 12.9. The summed E-state index contributed by atoms with van der Waals surface area (Å²) in [5, 5.41) is 11.8. The maximum Gasteiger partial charge on any atom is 0.265 e. The van der Waals surface area contributed by atoms with Crippen molar-refractivity contribution in [2.45, 2.75) is 13.0 Å². The van der Waals surface area contributed by atoms with Gasteiger partial charge >= 0.3 is 0 Å². The van der Waals surface area contributed by atoms with Gasteiger partial charge < -0.3 is 10.1 Å². The molecule has 0 aliphatic heterocycles. The molecule has 0 bridgehead atoms. The van der Waals surface area contributed by atoms with Gasteiger partial charge in [0, 0.05) is 10.2 Å². The molecular weight excluding hydrogens is 332 g/mol. The molecule has 2 rings (SSSR count). The maximum absolute atomic E-state index is 12.1. The van der Waals surface area contributed by atoms with Gasteiger partial charge in [0.2, 0.25) is 0 Å². The lowest BCUT2D eigenvalue weighted by atomic mass is 10.2. The summed E-state index contributed by atoms with van der Waals surface area (Å²) in [6.07, 6.45) is -0.710. The number of nitriles is 1. The zero-order chi connectivity index (χ0) is 15.2. The molecule has 2 aromatic carbocycles. The van der Waals surface area contributed by atoms with Gasteiger partial charge in [-0.25, -0.2) is 0 Å². The monoisotopic (exact) mass is 344 g/mol. The number of halogens is 1. The van der Waals surface area contributed by atoms with Gasteiger partial charge in [0.05, 0.1) is 5.56 Å². The van der Waals surface area contributed by atoms with Crippen molar-refractivity contribution in [3.8, 4) is 11.8 Å². The van der Waals surface area contributed by atoms with E-state index in [4.69, 9.17) is 10.00 Å². The lowest BCUT2D eigenvalue weighted by molar-refractivity contribution is -0.122. The third kappa shape index (κ3) is 4.07. The topological polar surface area (TPSA) is 62.1 Å². The Morgan fingerprint density at radius 2 is 2.05 bits per heavy atom. The van der Waals surface area contributed by atoms with Gasteiger partial charge in [0.15, 0.2) is 6.10 Å². The first-order chi connectivity index (χ1) is 10.1. The van der Waals surface area contributed by atoms with Crippen LogP contribution in [-0.4, -0.2) is 12.0 Å². The van der Waals surface area contributed by atoms with E-state index < -0.39 is 6.10 Å². The van der Waals surface area contributed by atoms with E-state index in [1.54, 1.807) is 43.3 Å². The van der Waals surface area contributed by atoms with E-state index in [2.05, 4.69) is 21.2 Å². The number of hydrogen-bond donors (Lipinski definition) is 1. The number of ether oxygens (including phenoxy) is 1. The molecule has 106 valence electrons. The molecule has 21 heavy (non-hydrogen) atoms. The molecule has 2 aromatic rings. The second-order valence-electron chi connectivity index (χ2n) is 4.37. The van der Waals surface area contributed by atoms with Crippen LogP contribution >= 0.6 is 15.9 Å². The van der Waals surface area contributed by atoms with Crippen molar-refractivity contribution >= 4 is 27.5 Å². The molecule has 0 radical (unpaired) electrons. The molecule has 0 saturated heterocycles. The van der Waals surface area contributed by atoms with Crippen LogP contribution in [0.4, 0.5) is 5.69 Å². The predicted octanol–water partition coefficient (Wildman–Crippen LogP) is 3.73. The van der Waals surface area contributed by atoms with Crippen LogP contribution in [0, 0.1) is 11.3 Å². The van der Waals surface area contributed by atoms with Crippen molar-refractivity contribution in [2.75, 3.05) is 5.32 Å².